The number of aliphatic hydroxyl groups is 1. The molecule has 2 N–H and O–H groups in total. The summed E-state index contributed by atoms with van der Waals surface area (Å²) in [6.45, 7) is 2.27. The molecule has 0 radical (unpaired) electrons. The Morgan fingerprint density at radius 2 is 2.20 bits per heavy atom. The van der Waals surface area contributed by atoms with E-state index in [1.165, 1.54) is 12.1 Å². The van der Waals surface area contributed by atoms with Gasteiger partial charge in [-0.1, -0.05) is 11.8 Å². The average molecular weight is 301 g/mol. The number of hydrogen-bond acceptors (Lipinski definition) is 4. The summed E-state index contributed by atoms with van der Waals surface area (Å²) in [4.78, 5) is -0.180. The molecule has 110 valence electrons. The molecule has 0 bridgehead atoms. The zero-order valence-corrected chi connectivity index (χ0v) is 11.8. The van der Waals surface area contributed by atoms with Gasteiger partial charge in [0, 0.05) is 13.2 Å². The van der Waals surface area contributed by atoms with Gasteiger partial charge in [-0.2, -0.15) is 0 Å². The van der Waals surface area contributed by atoms with Crippen molar-refractivity contribution in [1.82, 2.24) is 4.72 Å². The summed E-state index contributed by atoms with van der Waals surface area (Å²) in [6.07, 6.45) is 0. The summed E-state index contributed by atoms with van der Waals surface area (Å²) < 4.78 is 44.7. The molecule has 20 heavy (non-hydrogen) atoms. The van der Waals surface area contributed by atoms with E-state index in [-0.39, 0.29) is 23.6 Å². The molecule has 1 rings (SSSR count). The fourth-order valence-electron chi connectivity index (χ4n) is 1.37. The molecule has 0 fully saturated rings. The SMILES string of the molecule is CCOCCNS(=O)(=O)c1ccc(C#CCO)c(F)c1. The highest BCUT2D eigenvalue weighted by Gasteiger charge is 2.15. The van der Waals surface area contributed by atoms with Crippen LogP contribution in [0.25, 0.3) is 0 Å². The molecule has 1 aromatic rings. The van der Waals surface area contributed by atoms with Crippen LogP contribution in [0.4, 0.5) is 4.39 Å². The quantitative estimate of drug-likeness (QED) is 0.592. The smallest absolute Gasteiger partial charge is 0.240 e. The van der Waals surface area contributed by atoms with Gasteiger partial charge >= 0.3 is 0 Å². The fourth-order valence-corrected chi connectivity index (χ4v) is 2.40. The molecule has 1 aromatic carbocycles. The van der Waals surface area contributed by atoms with Gasteiger partial charge in [-0.15, -0.1) is 0 Å². The van der Waals surface area contributed by atoms with Crippen molar-refractivity contribution in [3.63, 3.8) is 0 Å². The molecule has 0 aliphatic rings. The summed E-state index contributed by atoms with van der Waals surface area (Å²) >= 11 is 0. The highest BCUT2D eigenvalue weighted by molar-refractivity contribution is 7.89. The molecule has 0 amide bonds. The molecule has 0 spiro atoms. The molecule has 0 saturated heterocycles. The fraction of sp³-hybridized carbons (Fsp3) is 0.385. The van der Waals surface area contributed by atoms with Crippen LogP contribution >= 0.6 is 0 Å². The van der Waals surface area contributed by atoms with Crippen LogP contribution in [-0.4, -0.2) is 39.9 Å². The standard InChI is InChI=1S/C13H16FNO4S/c1-2-19-9-7-15-20(17,18)12-6-5-11(4-3-8-16)13(14)10-12/h5-6,10,15-16H,2,7-9H2,1H3. The second-order valence-corrected chi connectivity index (χ2v) is 5.46. The minimum Gasteiger partial charge on any atom is -0.384 e. The summed E-state index contributed by atoms with van der Waals surface area (Å²) in [5, 5.41) is 8.53. The summed E-state index contributed by atoms with van der Waals surface area (Å²) in [5.74, 6) is 3.94. The van der Waals surface area contributed by atoms with E-state index in [0.717, 1.165) is 6.07 Å². The number of halogens is 1. The van der Waals surface area contributed by atoms with Gasteiger partial charge in [-0.05, 0) is 25.1 Å². The van der Waals surface area contributed by atoms with Crippen molar-refractivity contribution in [2.75, 3.05) is 26.4 Å². The van der Waals surface area contributed by atoms with E-state index >= 15 is 0 Å². The number of ether oxygens (including phenoxy) is 1. The largest absolute Gasteiger partial charge is 0.384 e. The normalized spacial score (nSPS) is 10.9. The monoisotopic (exact) mass is 301 g/mol. The van der Waals surface area contributed by atoms with Crippen molar-refractivity contribution in [3.05, 3.63) is 29.6 Å². The molecule has 0 aliphatic carbocycles. The van der Waals surface area contributed by atoms with Gasteiger partial charge in [0.15, 0.2) is 0 Å². The predicted molar refractivity (Wildman–Crippen MR) is 72.0 cm³/mol. The molecule has 0 atom stereocenters. The van der Waals surface area contributed by atoms with Gasteiger partial charge < -0.3 is 9.84 Å². The lowest BCUT2D eigenvalue weighted by Crippen LogP contribution is -2.27. The van der Waals surface area contributed by atoms with Gasteiger partial charge in [0.25, 0.3) is 0 Å². The maximum atomic E-state index is 13.6. The summed E-state index contributed by atoms with van der Waals surface area (Å²) in [6, 6.07) is 3.41. The van der Waals surface area contributed by atoms with Gasteiger partial charge in [-0.25, -0.2) is 17.5 Å². The first-order valence-corrected chi connectivity index (χ1v) is 7.46. The van der Waals surface area contributed by atoms with Gasteiger partial charge in [0.05, 0.1) is 17.1 Å². The van der Waals surface area contributed by atoms with Crippen molar-refractivity contribution >= 4 is 10.0 Å². The van der Waals surface area contributed by atoms with E-state index in [0.29, 0.717) is 6.61 Å². The second-order valence-electron chi connectivity index (χ2n) is 3.70. The Balaban J connectivity index is 2.83. The second kappa shape index (κ2) is 7.97. The molecule has 0 aliphatic heterocycles. The lowest BCUT2D eigenvalue weighted by atomic mass is 10.2. The number of aliphatic hydroxyl groups excluding tert-OH is 1. The van der Waals surface area contributed by atoms with E-state index in [4.69, 9.17) is 9.84 Å². The van der Waals surface area contributed by atoms with Crippen molar-refractivity contribution in [2.24, 2.45) is 0 Å². The van der Waals surface area contributed by atoms with E-state index < -0.39 is 22.4 Å². The Morgan fingerprint density at radius 1 is 1.45 bits per heavy atom. The first-order chi connectivity index (χ1) is 9.51. The van der Waals surface area contributed by atoms with E-state index in [9.17, 15) is 12.8 Å². The topological polar surface area (TPSA) is 75.6 Å². The number of nitrogens with one attached hydrogen (secondary N) is 1. The van der Waals surface area contributed by atoms with Crippen LogP contribution in [0.15, 0.2) is 23.1 Å². The third-order valence-corrected chi connectivity index (χ3v) is 3.75. The van der Waals surface area contributed by atoms with E-state index in [2.05, 4.69) is 16.6 Å². The predicted octanol–water partition coefficient (Wildman–Crippen LogP) is 0.484. The van der Waals surface area contributed by atoms with Crippen LogP contribution in [0, 0.1) is 17.7 Å². The molecule has 0 unspecified atom stereocenters. The zero-order valence-electron chi connectivity index (χ0n) is 11.0. The molecule has 0 heterocycles. The van der Waals surface area contributed by atoms with Gasteiger partial charge in [-0.3, -0.25) is 0 Å². The maximum absolute atomic E-state index is 13.6. The Bertz CT molecular complexity index is 605. The van der Waals surface area contributed by atoms with Crippen LogP contribution in [0.1, 0.15) is 12.5 Å². The third kappa shape index (κ3) is 4.90. The Hall–Kier alpha value is -1.46. The highest BCUT2D eigenvalue weighted by atomic mass is 32.2. The van der Waals surface area contributed by atoms with Crippen LogP contribution in [0.2, 0.25) is 0 Å². The van der Waals surface area contributed by atoms with Gasteiger partial charge in [0.1, 0.15) is 12.4 Å². The minimum atomic E-state index is -3.77. The van der Waals surface area contributed by atoms with E-state index in [1.54, 1.807) is 6.92 Å². The first kappa shape index (κ1) is 16.6. The number of hydrogen-bond donors (Lipinski definition) is 2. The molecule has 5 nitrogen and oxygen atoms in total. The van der Waals surface area contributed by atoms with Crippen LogP contribution in [-0.2, 0) is 14.8 Å². The van der Waals surface area contributed by atoms with Crippen molar-refractivity contribution in [1.29, 1.82) is 0 Å². The van der Waals surface area contributed by atoms with E-state index in [1.807, 2.05) is 0 Å². The van der Waals surface area contributed by atoms with Crippen molar-refractivity contribution < 1.29 is 22.7 Å². The Morgan fingerprint density at radius 3 is 2.80 bits per heavy atom. The lowest BCUT2D eigenvalue weighted by Gasteiger charge is -2.07. The molecular formula is C13H16FNO4S. The Labute approximate surface area is 117 Å². The molecular weight excluding hydrogens is 285 g/mol. The number of sulfonamides is 1. The van der Waals surface area contributed by atoms with Crippen molar-refractivity contribution in [3.8, 4) is 11.8 Å². The maximum Gasteiger partial charge on any atom is 0.240 e. The lowest BCUT2D eigenvalue weighted by molar-refractivity contribution is 0.153. The highest BCUT2D eigenvalue weighted by Crippen LogP contribution is 2.14. The molecule has 0 saturated carbocycles. The van der Waals surface area contributed by atoms with Gasteiger partial charge in [0.2, 0.25) is 10.0 Å². The minimum absolute atomic E-state index is 0.0346. The summed E-state index contributed by atoms with van der Waals surface area (Å²) in [5.41, 5.74) is 0.0346. The summed E-state index contributed by atoms with van der Waals surface area (Å²) in [7, 11) is -3.77. The average Bonchev–Trinajstić information content (AvgIpc) is 2.42. The number of rotatable bonds is 6. The van der Waals surface area contributed by atoms with Crippen molar-refractivity contribution in [2.45, 2.75) is 11.8 Å². The van der Waals surface area contributed by atoms with Crippen LogP contribution < -0.4 is 4.72 Å². The van der Waals surface area contributed by atoms with Crippen LogP contribution in [0.3, 0.4) is 0 Å². The first-order valence-electron chi connectivity index (χ1n) is 5.98. The zero-order chi connectivity index (χ0) is 15.0. The number of benzene rings is 1. The molecule has 0 aromatic heterocycles. The van der Waals surface area contributed by atoms with Crippen LogP contribution in [0.5, 0.6) is 0 Å². The Kier molecular flexibility index (Phi) is 6.61. The third-order valence-electron chi connectivity index (χ3n) is 2.30. The molecule has 7 heteroatoms.